The number of nitrogens with zero attached hydrogens (tertiary/aromatic N) is 1. The second kappa shape index (κ2) is 7.62. The number of thioether (sulfide) groups is 1. The van der Waals surface area contributed by atoms with Crippen molar-refractivity contribution in [1.82, 2.24) is 15.6 Å². The van der Waals surface area contributed by atoms with Crippen molar-refractivity contribution in [3.63, 3.8) is 0 Å². The molecule has 2 saturated heterocycles. The first-order valence-electron chi connectivity index (χ1n) is 8.89. The fourth-order valence-corrected chi connectivity index (χ4v) is 4.49. The highest BCUT2D eigenvalue weighted by Gasteiger charge is 2.33. The van der Waals surface area contributed by atoms with E-state index in [2.05, 4.69) is 15.6 Å². The molecule has 2 aliphatic rings. The maximum Gasteiger partial charge on any atom is 0.230 e. The molecule has 1 aromatic carbocycles. The Kier molecular flexibility index (Phi) is 5.08. The summed E-state index contributed by atoms with van der Waals surface area (Å²) in [5, 5.41) is 6.79. The molecule has 3 heterocycles. The summed E-state index contributed by atoms with van der Waals surface area (Å²) >= 11 is 1.58. The molecule has 2 aliphatic heterocycles. The molecule has 2 bridgehead atoms. The van der Waals surface area contributed by atoms with Crippen LogP contribution in [0.5, 0.6) is 0 Å². The molecule has 0 saturated carbocycles. The van der Waals surface area contributed by atoms with Gasteiger partial charge in [0.05, 0.1) is 11.4 Å². The predicted molar refractivity (Wildman–Crippen MR) is 99.2 cm³/mol. The molecular weight excluding hydrogens is 334 g/mol. The van der Waals surface area contributed by atoms with Crippen molar-refractivity contribution in [2.45, 2.75) is 49.6 Å². The molecule has 2 aromatic rings. The van der Waals surface area contributed by atoms with Crippen LogP contribution in [0.15, 0.2) is 41.0 Å². The van der Waals surface area contributed by atoms with E-state index in [0.29, 0.717) is 35.5 Å². The van der Waals surface area contributed by atoms with Gasteiger partial charge in [0.15, 0.2) is 0 Å². The second-order valence-corrected chi connectivity index (χ2v) is 7.86. The van der Waals surface area contributed by atoms with E-state index in [1.54, 1.807) is 18.0 Å². The van der Waals surface area contributed by atoms with Crippen LogP contribution in [0.4, 0.5) is 0 Å². The summed E-state index contributed by atoms with van der Waals surface area (Å²) in [6.45, 7) is 0. The van der Waals surface area contributed by atoms with Crippen LogP contribution in [0, 0.1) is 0 Å². The number of carbonyl (C=O) groups is 1. The molecule has 2 fully saturated rings. The van der Waals surface area contributed by atoms with Gasteiger partial charge in [-0.1, -0.05) is 18.2 Å². The number of oxazole rings is 1. The Labute approximate surface area is 152 Å². The van der Waals surface area contributed by atoms with Crippen molar-refractivity contribution < 1.29 is 9.21 Å². The van der Waals surface area contributed by atoms with E-state index in [-0.39, 0.29) is 5.91 Å². The molecule has 5 nitrogen and oxygen atoms in total. The monoisotopic (exact) mass is 357 g/mol. The molecule has 0 spiro atoms. The maximum atomic E-state index is 12.2. The quantitative estimate of drug-likeness (QED) is 0.832. The number of nitrogens with one attached hydrogen (secondary N) is 2. The van der Waals surface area contributed by atoms with Gasteiger partial charge in [0, 0.05) is 29.4 Å². The van der Waals surface area contributed by atoms with Gasteiger partial charge in [-0.3, -0.25) is 4.79 Å². The highest BCUT2D eigenvalue weighted by atomic mass is 32.2. The summed E-state index contributed by atoms with van der Waals surface area (Å²) in [5.41, 5.74) is 1.84. The third-order valence-electron chi connectivity index (χ3n) is 4.89. The average molecular weight is 357 g/mol. The number of amides is 1. The Morgan fingerprint density at radius 2 is 2.00 bits per heavy atom. The number of piperidine rings is 1. The first-order valence-corrected chi connectivity index (χ1v) is 10.0. The topological polar surface area (TPSA) is 67.2 Å². The van der Waals surface area contributed by atoms with E-state index < -0.39 is 0 Å². The van der Waals surface area contributed by atoms with Gasteiger partial charge in [-0.2, -0.15) is 0 Å². The Bertz CT molecular complexity index is 706. The number of hydrogen-bond acceptors (Lipinski definition) is 5. The zero-order valence-electron chi connectivity index (χ0n) is 14.1. The van der Waals surface area contributed by atoms with Crippen LogP contribution in [-0.4, -0.2) is 34.8 Å². The van der Waals surface area contributed by atoms with Gasteiger partial charge in [0.2, 0.25) is 11.8 Å². The van der Waals surface area contributed by atoms with Crippen LogP contribution in [0.3, 0.4) is 0 Å². The number of carbonyl (C=O) groups excluding carboxylic acids is 1. The van der Waals surface area contributed by atoms with Crippen molar-refractivity contribution in [2.75, 3.05) is 5.75 Å². The average Bonchev–Trinajstić information content (AvgIpc) is 3.22. The molecule has 4 rings (SSSR count). The summed E-state index contributed by atoms with van der Waals surface area (Å²) in [6, 6.07) is 11.4. The van der Waals surface area contributed by atoms with Gasteiger partial charge >= 0.3 is 0 Å². The Morgan fingerprint density at radius 3 is 2.76 bits per heavy atom. The summed E-state index contributed by atoms with van der Waals surface area (Å²) in [6.07, 6.45) is 6.31. The highest BCUT2D eigenvalue weighted by molar-refractivity contribution is 7.99. The third-order valence-corrected chi connectivity index (χ3v) is 5.86. The normalized spacial score (nSPS) is 25.0. The molecule has 132 valence electrons. The van der Waals surface area contributed by atoms with Crippen LogP contribution >= 0.6 is 11.8 Å². The number of aromatic nitrogens is 1. The second-order valence-electron chi connectivity index (χ2n) is 6.88. The van der Waals surface area contributed by atoms with E-state index in [0.717, 1.165) is 24.1 Å². The van der Waals surface area contributed by atoms with Crippen molar-refractivity contribution in [1.29, 1.82) is 0 Å². The van der Waals surface area contributed by atoms with Gasteiger partial charge in [-0.15, -0.1) is 11.8 Å². The van der Waals surface area contributed by atoms with E-state index in [1.807, 2.05) is 30.3 Å². The van der Waals surface area contributed by atoms with Gasteiger partial charge in [-0.25, -0.2) is 4.98 Å². The third kappa shape index (κ3) is 4.25. The summed E-state index contributed by atoms with van der Waals surface area (Å²) in [4.78, 5) is 16.7. The van der Waals surface area contributed by atoms with Crippen LogP contribution in [-0.2, 0) is 10.5 Å². The maximum absolute atomic E-state index is 12.2. The largest absolute Gasteiger partial charge is 0.444 e. The minimum absolute atomic E-state index is 0.128. The Hall–Kier alpha value is -1.79. The van der Waals surface area contributed by atoms with Crippen molar-refractivity contribution in [3.05, 3.63) is 42.3 Å². The number of rotatable bonds is 6. The predicted octanol–water partition coefficient (Wildman–Crippen LogP) is 2.97. The van der Waals surface area contributed by atoms with Crippen LogP contribution in [0.25, 0.3) is 11.5 Å². The van der Waals surface area contributed by atoms with E-state index in [4.69, 9.17) is 4.42 Å². The molecule has 25 heavy (non-hydrogen) atoms. The summed E-state index contributed by atoms with van der Waals surface area (Å²) in [5.74, 6) is 1.91. The summed E-state index contributed by atoms with van der Waals surface area (Å²) in [7, 11) is 0. The van der Waals surface area contributed by atoms with Crippen LogP contribution in [0.1, 0.15) is 31.4 Å². The lowest BCUT2D eigenvalue weighted by Crippen LogP contribution is -2.48. The van der Waals surface area contributed by atoms with Crippen molar-refractivity contribution in [2.24, 2.45) is 0 Å². The fraction of sp³-hybridized carbons (Fsp3) is 0.474. The number of fused-ring (bicyclic) bond motifs is 2. The fourth-order valence-electron chi connectivity index (χ4n) is 3.78. The van der Waals surface area contributed by atoms with Crippen LogP contribution in [0.2, 0.25) is 0 Å². The molecule has 0 aliphatic carbocycles. The molecule has 1 amide bonds. The minimum atomic E-state index is 0.128. The van der Waals surface area contributed by atoms with E-state index in [9.17, 15) is 4.79 Å². The lowest BCUT2D eigenvalue weighted by molar-refractivity contribution is -0.119. The smallest absolute Gasteiger partial charge is 0.230 e. The lowest BCUT2D eigenvalue weighted by Gasteiger charge is -2.29. The minimum Gasteiger partial charge on any atom is -0.444 e. The SMILES string of the molecule is O=C(CSCc1coc(-c2ccccc2)n1)NC1CC2CCC(C1)N2. The van der Waals surface area contributed by atoms with E-state index >= 15 is 0 Å². The van der Waals surface area contributed by atoms with Gasteiger partial charge in [-0.05, 0) is 37.8 Å². The number of hydrogen-bond donors (Lipinski definition) is 2. The first-order chi connectivity index (χ1) is 12.3. The molecule has 0 radical (unpaired) electrons. The standard InChI is InChI=1S/C19H23N3O2S/c23-18(21-16-8-14-6-7-15(9-16)20-14)12-25-11-17-10-24-19(22-17)13-4-2-1-3-5-13/h1-5,10,14-16,20H,6-9,11-12H2,(H,21,23). The Morgan fingerprint density at radius 1 is 1.24 bits per heavy atom. The molecule has 2 atom stereocenters. The first kappa shape index (κ1) is 16.7. The lowest BCUT2D eigenvalue weighted by atomic mass is 10.00. The molecule has 6 heteroatoms. The van der Waals surface area contributed by atoms with Crippen molar-refractivity contribution >= 4 is 17.7 Å². The zero-order chi connectivity index (χ0) is 17.1. The molecule has 2 N–H and O–H groups in total. The van der Waals surface area contributed by atoms with Gasteiger partial charge in [0.25, 0.3) is 0 Å². The molecule has 2 unspecified atom stereocenters. The Balaban J connectivity index is 1.21. The number of benzene rings is 1. The summed E-state index contributed by atoms with van der Waals surface area (Å²) < 4.78 is 5.53. The van der Waals surface area contributed by atoms with Crippen LogP contribution < -0.4 is 10.6 Å². The highest BCUT2D eigenvalue weighted by Crippen LogP contribution is 2.27. The van der Waals surface area contributed by atoms with Crippen molar-refractivity contribution in [3.8, 4) is 11.5 Å². The van der Waals surface area contributed by atoms with Gasteiger partial charge in [0.1, 0.15) is 6.26 Å². The van der Waals surface area contributed by atoms with Gasteiger partial charge < -0.3 is 15.1 Å². The van der Waals surface area contributed by atoms with E-state index in [1.165, 1.54) is 12.8 Å². The molecular formula is C19H23N3O2S. The zero-order valence-corrected chi connectivity index (χ0v) is 14.9. The molecule has 1 aromatic heterocycles.